The Kier molecular flexibility index (Phi) is 11.9. The third kappa shape index (κ3) is 8.88. The number of ether oxygens (including phenoxy) is 1. The number of imidazole rings is 1. The first kappa shape index (κ1) is 41.0. The molecule has 0 bridgehead atoms. The Bertz CT molecular complexity index is 2250. The number of nitrogens with zero attached hydrogens (tertiary/aromatic N) is 7. The van der Waals surface area contributed by atoms with Gasteiger partial charge in [-0.05, 0) is 67.9 Å². The number of alkyl halides is 1. The van der Waals surface area contributed by atoms with Gasteiger partial charge in [0, 0.05) is 101 Å². The van der Waals surface area contributed by atoms with Crippen LogP contribution in [0.25, 0.3) is 5.65 Å². The number of piperidine rings is 3. The molecule has 4 aliphatic heterocycles. The Hall–Kier alpha value is -5.77. The largest absolute Gasteiger partial charge is 0.473 e. The van der Waals surface area contributed by atoms with Crippen molar-refractivity contribution in [2.75, 3.05) is 67.3 Å². The maximum absolute atomic E-state index is 13.5. The molecule has 0 spiro atoms. The number of anilines is 5. The molecule has 0 radical (unpaired) electrons. The van der Waals surface area contributed by atoms with Crippen molar-refractivity contribution in [2.45, 2.75) is 83.0 Å². The fourth-order valence-electron chi connectivity index (χ4n) is 8.56. The lowest BCUT2D eigenvalue weighted by atomic mass is 9.94. The molecular weight excluding hydrogens is 766 g/mol. The number of hydrogen-bond donors (Lipinski definition) is 4. The molecular formula is C44H56FN11O4. The lowest BCUT2D eigenvalue weighted by molar-refractivity contribution is -0.135. The molecule has 4 atom stereocenters. The maximum atomic E-state index is 13.5. The van der Waals surface area contributed by atoms with E-state index in [9.17, 15) is 18.8 Å². The van der Waals surface area contributed by atoms with Crippen molar-refractivity contribution in [3.8, 4) is 5.88 Å². The third-order valence-electron chi connectivity index (χ3n) is 12.6. The Morgan fingerprint density at radius 2 is 1.78 bits per heavy atom. The minimum Gasteiger partial charge on any atom is -0.473 e. The van der Waals surface area contributed by atoms with E-state index in [0.29, 0.717) is 59.8 Å². The van der Waals surface area contributed by atoms with Crippen molar-refractivity contribution in [2.24, 2.45) is 11.8 Å². The van der Waals surface area contributed by atoms with E-state index in [1.807, 2.05) is 25.1 Å². The number of imide groups is 1. The van der Waals surface area contributed by atoms with Gasteiger partial charge in [0.1, 0.15) is 18.0 Å². The number of fused-ring (bicyclic) bond motifs is 2. The smallest absolute Gasteiger partial charge is 0.271 e. The molecule has 4 unspecified atom stereocenters. The number of hydrogen-bond acceptors (Lipinski definition) is 12. The molecule has 1 saturated carbocycles. The first-order chi connectivity index (χ1) is 28.9. The molecule has 15 nitrogen and oxygen atoms in total. The number of rotatable bonds is 10. The van der Waals surface area contributed by atoms with Crippen molar-refractivity contribution in [3.05, 3.63) is 72.3 Å². The minimum atomic E-state index is -0.999. The second-order valence-electron chi connectivity index (χ2n) is 16.8. The fraction of sp³-hybridized carbons (Fsp3) is 0.500. The molecule has 318 valence electrons. The van der Waals surface area contributed by atoms with Crippen molar-refractivity contribution in [1.82, 2.24) is 35.1 Å². The average Bonchev–Trinajstić information content (AvgIpc) is 3.69. The molecule has 1 aliphatic carbocycles. The summed E-state index contributed by atoms with van der Waals surface area (Å²) in [7, 11) is 3.91. The Balaban J connectivity index is 0.000000493. The molecule has 60 heavy (non-hydrogen) atoms. The fourth-order valence-corrected chi connectivity index (χ4v) is 8.56. The molecule has 3 saturated heterocycles. The number of aromatic nitrogens is 4. The Labute approximate surface area is 350 Å². The monoisotopic (exact) mass is 821 g/mol. The van der Waals surface area contributed by atoms with Gasteiger partial charge in [0.2, 0.25) is 17.7 Å². The zero-order valence-corrected chi connectivity index (χ0v) is 34.9. The average molecular weight is 822 g/mol. The molecule has 16 heteroatoms. The summed E-state index contributed by atoms with van der Waals surface area (Å²) in [6, 6.07) is 12.1. The second-order valence-corrected chi connectivity index (χ2v) is 16.8. The number of carbonyl (C=O) groups excluding carboxylic acids is 3. The number of nitrogens with one attached hydrogen (secondary N) is 4. The van der Waals surface area contributed by atoms with Crippen LogP contribution in [0.15, 0.2) is 61.1 Å². The predicted molar refractivity (Wildman–Crippen MR) is 230 cm³/mol. The number of likely N-dealkylation sites (tertiary alicyclic amines) is 1. The van der Waals surface area contributed by atoms with Crippen LogP contribution in [0.4, 0.5) is 33.0 Å². The highest BCUT2D eigenvalue weighted by Crippen LogP contribution is 2.43. The van der Waals surface area contributed by atoms with Crippen LogP contribution in [0.3, 0.4) is 0 Å². The summed E-state index contributed by atoms with van der Waals surface area (Å²) in [5.41, 5.74) is 7.25. The zero-order chi connectivity index (χ0) is 42.1. The van der Waals surface area contributed by atoms with E-state index in [0.717, 1.165) is 45.6 Å². The van der Waals surface area contributed by atoms with Crippen LogP contribution < -0.4 is 35.8 Å². The predicted octanol–water partition coefficient (Wildman–Crippen LogP) is 5.64. The van der Waals surface area contributed by atoms with Gasteiger partial charge in [-0.25, -0.2) is 18.9 Å². The van der Waals surface area contributed by atoms with Gasteiger partial charge in [0.15, 0.2) is 17.2 Å². The first-order valence-corrected chi connectivity index (χ1v) is 21.2. The van der Waals surface area contributed by atoms with E-state index in [-0.39, 0.29) is 29.5 Å². The SMILES string of the molecule is C=C1C(C)c2ccc(N3CCC(CN4CCC(Oc5ncccc5Nc5cc(NC)c6ncc(C(=O)NC7CC7F)n6n5)CC4)CC3)cc2N1C.CC1CCC(=O)NC1=O. The van der Waals surface area contributed by atoms with Crippen LogP contribution in [0, 0.1) is 11.8 Å². The number of amides is 3. The summed E-state index contributed by atoms with van der Waals surface area (Å²) >= 11 is 0. The first-order valence-electron chi connectivity index (χ1n) is 21.2. The topological polar surface area (TPSA) is 161 Å². The van der Waals surface area contributed by atoms with Crippen LogP contribution in [-0.2, 0) is 9.59 Å². The van der Waals surface area contributed by atoms with Crippen molar-refractivity contribution in [3.63, 3.8) is 0 Å². The van der Waals surface area contributed by atoms with Gasteiger partial charge in [0.25, 0.3) is 5.91 Å². The van der Waals surface area contributed by atoms with E-state index in [1.165, 1.54) is 46.2 Å². The number of allylic oxidation sites excluding steroid dienone is 1. The van der Waals surface area contributed by atoms with Crippen LogP contribution in [-0.4, -0.2) is 107 Å². The van der Waals surface area contributed by atoms with Crippen LogP contribution >= 0.6 is 0 Å². The Morgan fingerprint density at radius 3 is 2.48 bits per heavy atom. The molecule has 7 heterocycles. The number of likely N-dealkylation sites (N-methyl/N-ethyl adjacent to an activating group) is 1. The number of pyridine rings is 1. The van der Waals surface area contributed by atoms with E-state index in [1.54, 1.807) is 13.2 Å². The molecule has 4 aromatic rings. The van der Waals surface area contributed by atoms with Gasteiger partial charge in [0.05, 0.1) is 17.9 Å². The molecule has 9 rings (SSSR count). The van der Waals surface area contributed by atoms with Crippen LogP contribution in [0.5, 0.6) is 5.88 Å². The van der Waals surface area contributed by atoms with Gasteiger partial charge < -0.3 is 35.4 Å². The van der Waals surface area contributed by atoms with E-state index >= 15 is 0 Å². The van der Waals surface area contributed by atoms with Crippen molar-refractivity contribution < 1.29 is 23.5 Å². The van der Waals surface area contributed by atoms with E-state index in [2.05, 4.69) is 89.8 Å². The number of halogens is 1. The van der Waals surface area contributed by atoms with Gasteiger partial charge >= 0.3 is 0 Å². The minimum absolute atomic E-state index is 0.0164. The molecule has 4 fully saturated rings. The molecule has 4 N–H and O–H groups in total. The van der Waals surface area contributed by atoms with Gasteiger partial charge in [-0.1, -0.05) is 26.5 Å². The molecule has 3 aromatic heterocycles. The third-order valence-corrected chi connectivity index (χ3v) is 12.6. The highest BCUT2D eigenvalue weighted by molar-refractivity contribution is 5.98. The quantitative estimate of drug-likeness (QED) is 0.146. The highest BCUT2D eigenvalue weighted by Gasteiger charge is 2.39. The Morgan fingerprint density at radius 1 is 1.02 bits per heavy atom. The van der Waals surface area contributed by atoms with Crippen LogP contribution in [0.1, 0.15) is 80.8 Å². The van der Waals surface area contributed by atoms with Gasteiger partial charge in [-0.2, -0.15) is 0 Å². The van der Waals surface area contributed by atoms with E-state index in [4.69, 9.17) is 4.74 Å². The standard InChI is InChI=1S/C38H47FN10O2.C6H9NO2/c1-23-24(2)46(4)33-18-26(7-8-28(23)33)48-16-9-25(10-17-48)22-47-14-11-27(12-15-47)51-38-30(6-5-13-41-38)43-35-20-32(40-3)36-42-21-34(49(36)45-35)37(50)44-31-19-29(31)39;1-4-2-3-5(8)7-6(4)9/h5-8,13,18,20-21,23,25,27,29,31,40H,2,9-12,14-17,19,22H2,1,3-4H3,(H,43,45)(H,44,50);4H,2-3H2,1H3,(H,7,8,9). The molecule has 3 amide bonds. The summed E-state index contributed by atoms with van der Waals surface area (Å²) in [5, 5.41) is 16.1. The molecule has 5 aliphatic rings. The number of carbonyl (C=O) groups is 3. The zero-order valence-electron chi connectivity index (χ0n) is 34.9. The summed E-state index contributed by atoms with van der Waals surface area (Å²) in [4.78, 5) is 50.4. The van der Waals surface area contributed by atoms with E-state index < -0.39 is 18.1 Å². The normalized spacial score (nSPS) is 23.4. The van der Waals surface area contributed by atoms with Gasteiger partial charge in [-0.3, -0.25) is 19.7 Å². The van der Waals surface area contributed by atoms with Gasteiger partial charge in [-0.15, -0.1) is 5.10 Å². The second kappa shape index (κ2) is 17.4. The maximum Gasteiger partial charge on any atom is 0.271 e. The molecule has 1 aromatic carbocycles. The summed E-state index contributed by atoms with van der Waals surface area (Å²) in [5.74, 6) is 1.41. The van der Waals surface area contributed by atoms with Crippen LogP contribution in [0.2, 0.25) is 0 Å². The lowest BCUT2D eigenvalue weighted by Crippen LogP contribution is -2.43. The highest BCUT2D eigenvalue weighted by atomic mass is 19.1. The summed E-state index contributed by atoms with van der Waals surface area (Å²) in [6.07, 6.45) is 8.04. The summed E-state index contributed by atoms with van der Waals surface area (Å²) < 4.78 is 21.4. The lowest BCUT2D eigenvalue weighted by Gasteiger charge is -2.38. The number of benzene rings is 1. The van der Waals surface area contributed by atoms with Crippen molar-refractivity contribution >= 4 is 51.9 Å². The van der Waals surface area contributed by atoms with Crippen molar-refractivity contribution in [1.29, 1.82) is 0 Å². The summed E-state index contributed by atoms with van der Waals surface area (Å²) in [6.45, 7) is 13.6.